The molecule has 0 aromatic heterocycles. The van der Waals surface area contributed by atoms with Gasteiger partial charge in [0.2, 0.25) is 0 Å². The summed E-state index contributed by atoms with van der Waals surface area (Å²) in [5.41, 5.74) is 0. The Hall–Kier alpha value is -1.85. The fraction of sp³-hybridized carbons (Fsp3) is 0.650. The zero-order chi connectivity index (χ0) is 16.3. The van der Waals surface area contributed by atoms with Crippen LogP contribution in [0.1, 0.15) is 78.1 Å². The smallest absolute Gasteiger partial charge is 0.305 e. The molecule has 0 aliphatic heterocycles. The number of carbonyl (C=O) groups is 1. The highest BCUT2D eigenvalue weighted by Crippen LogP contribution is 2.05. The first kappa shape index (κ1) is 20.1. The maximum Gasteiger partial charge on any atom is 0.305 e. The molecule has 0 atom stereocenters. The molecule has 0 aromatic carbocycles. The summed E-state index contributed by atoms with van der Waals surface area (Å²) in [6.45, 7) is 4.43. The molecule has 0 N–H and O–H groups in total. The normalized spacial score (nSPS) is 8.64. The average Bonchev–Trinajstić information content (AvgIpc) is 2.51. The molecule has 0 aliphatic carbocycles. The Morgan fingerprint density at radius 3 is 2.00 bits per heavy atom. The van der Waals surface area contributed by atoms with Gasteiger partial charge in [0.05, 0.1) is 19.4 Å². The van der Waals surface area contributed by atoms with Crippen LogP contribution < -0.4 is 0 Å². The molecule has 0 bridgehead atoms. The molecule has 120 valence electrons. The third-order valence-corrected chi connectivity index (χ3v) is 2.84. The van der Waals surface area contributed by atoms with Crippen molar-refractivity contribution in [2.45, 2.75) is 78.1 Å². The van der Waals surface area contributed by atoms with Gasteiger partial charge in [-0.25, -0.2) is 0 Å². The Balaban J connectivity index is 3.41. The molecule has 0 fully saturated rings. The Morgan fingerprint density at radius 1 is 0.773 bits per heavy atom. The zero-order valence-electron chi connectivity index (χ0n) is 14.1. The van der Waals surface area contributed by atoms with E-state index >= 15 is 0 Å². The summed E-state index contributed by atoms with van der Waals surface area (Å²) in [5.74, 6) is 18.3. The van der Waals surface area contributed by atoms with Crippen LogP contribution >= 0.6 is 0 Å². The van der Waals surface area contributed by atoms with Crippen molar-refractivity contribution >= 4 is 5.97 Å². The predicted octanol–water partition coefficient (Wildman–Crippen LogP) is 4.48. The van der Waals surface area contributed by atoms with Gasteiger partial charge < -0.3 is 4.74 Å². The maximum absolute atomic E-state index is 11.1. The Bertz CT molecular complexity index is 457. The molecule has 0 amide bonds. The molecule has 0 spiro atoms. The van der Waals surface area contributed by atoms with Crippen LogP contribution in [-0.2, 0) is 9.53 Å². The summed E-state index contributed by atoms with van der Waals surface area (Å²) in [5, 5.41) is 0. The van der Waals surface area contributed by atoms with Gasteiger partial charge in [-0.1, -0.05) is 43.4 Å². The number of rotatable bonds is 8. The van der Waals surface area contributed by atoms with Crippen LogP contribution in [0.2, 0.25) is 0 Å². The van der Waals surface area contributed by atoms with Crippen LogP contribution in [0.15, 0.2) is 0 Å². The molecule has 0 saturated heterocycles. The SMILES string of the molecule is CCCC#CCC#CCC#CCCCCCCC(=O)OCC. The van der Waals surface area contributed by atoms with Crippen molar-refractivity contribution in [1.82, 2.24) is 0 Å². The lowest BCUT2D eigenvalue weighted by atomic mass is 10.1. The Labute approximate surface area is 136 Å². The summed E-state index contributed by atoms with van der Waals surface area (Å²) >= 11 is 0. The zero-order valence-corrected chi connectivity index (χ0v) is 14.1. The summed E-state index contributed by atoms with van der Waals surface area (Å²) in [6.07, 6.45) is 9.00. The highest BCUT2D eigenvalue weighted by atomic mass is 16.5. The summed E-state index contributed by atoms with van der Waals surface area (Å²) in [4.78, 5) is 11.1. The number of unbranched alkanes of at least 4 members (excludes halogenated alkanes) is 5. The van der Waals surface area contributed by atoms with Crippen molar-refractivity contribution in [1.29, 1.82) is 0 Å². The minimum absolute atomic E-state index is 0.0831. The monoisotopic (exact) mass is 300 g/mol. The summed E-state index contributed by atoms with van der Waals surface area (Å²) in [7, 11) is 0. The van der Waals surface area contributed by atoms with Gasteiger partial charge in [-0.05, 0) is 26.2 Å². The van der Waals surface area contributed by atoms with Crippen LogP contribution in [-0.4, -0.2) is 12.6 Å². The lowest BCUT2D eigenvalue weighted by Gasteiger charge is -2.00. The number of esters is 1. The van der Waals surface area contributed by atoms with Gasteiger partial charge in [0, 0.05) is 19.3 Å². The van der Waals surface area contributed by atoms with Crippen molar-refractivity contribution in [2.75, 3.05) is 6.61 Å². The molecule has 0 aliphatic rings. The third-order valence-electron chi connectivity index (χ3n) is 2.84. The van der Waals surface area contributed by atoms with Gasteiger partial charge in [0.25, 0.3) is 0 Å². The fourth-order valence-electron chi connectivity index (χ4n) is 1.71. The molecule has 0 radical (unpaired) electrons. The second-order valence-electron chi connectivity index (χ2n) is 4.88. The Morgan fingerprint density at radius 2 is 1.36 bits per heavy atom. The van der Waals surface area contributed by atoms with E-state index in [0.717, 1.165) is 44.9 Å². The first-order valence-corrected chi connectivity index (χ1v) is 8.34. The molecule has 0 heterocycles. The van der Waals surface area contributed by atoms with Crippen LogP contribution in [0.3, 0.4) is 0 Å². The van der Waals surface area contributed by atoms with Gasteiger partial charge >= 0.3 is 5.97 Å². The van der Waals surface area contributed by atoms with Crippen molar-refractivity contribution in [3.8, 4) is 35.5 Å². The summed E-state index contributed by atoms with van der Waals surface area (Å²) < 4.78 is 4.88. The minimum Gasteiger partial charge on any atom is -0.466 e. The van der Waals surface area contributed by atoms with Crippen LogP contribution in [0.4, 0.5) is 0 Å². The van der Waals surface area contributed by atoms with E-state index in [4.69, 9.17) is 4.74 Å². The molecule has 2 nitrogen and oxygen atoms in total. The maximum atomic E-state index is 11.1. The molecule has 22 heavy (non-hydrogen) atoms. The highest BCUT2D eigenvalue weighted by molar-refractivity contribution is 5.69. The predicted molar refractivity (Wildman–Crippen MR) is 91.8 cm³/mol. The number of hydrogen-bond acceptors (Lipinski definition) is 2. The van der Waals surface area contributed by atoms with Crippen molar-refractivity contribution in [3.63, 3.8) is 0 Å². The molecule has 0 saturated carbocycles. The van der Waals surface area contributed by atoms with Crippen molar-refractivity contribution in [2.24, 2.45) is 0 Å². The third kappa shape index (κ3) is 16.2. The number of hydrogen-bond donors (Lipinski definition) is 0. The van der Waals surface area contributed by atoms with Gasteiger partial charge in [0.15, 0.2) is 0 Å². The van der Waals surface area contributed by atoms with E-state index in [-0.39, 0.29) is 5.97 Å². The van der Waals surface area contributed by atoms with E-state index in [9.17, 15) is 4.79 Å². The quantitative estimate of drug-likeness (QED) is 0.375. The number of carbonyl (C=O) groups excluding carboxylic acids is 1. The lowest BCUT2D eigenvalue weighted by Crippen LogP contribution is -2.02. The Kier molecular flexibility index (Phi) is 15.8. The van der Waals surface area contributed by atoms with Crippen LogP contribution in [0, 0.1) is 35.5 Å². The van der Waals surface area contributed by atoms with Crippen molar-refractivity contribution < 1.29 is 9.53 Å². The van der Waals surface area contributed by atoms with Crippen LogP contribution in [0.25, 0.3) is 0 Å². The fourth-order valence-corrected chi connectivity index (χ4v) is 1.71. The van der Waals surface area contributed by atoms with E-state index in [1.807, 2.05) is 6.92 Å². The lowest BCUT2D eigenvalue weighted by molar-refractivity contribution is -0.143. The molecular formula is C20H28O2. The standard InChI is InChI=1S/C20H28O2/c1-3-5-6-7-8-9-10-11-12-13-14-15-16-17-18-19-20(21)22-4-2/h3-5,8,11,14-19H2,1-2H3. The van der Waals surface area contributed by atoms with E-state index < -0.39 is 0 Å². The number of ether oxygens (including phenoxy) is 1. The minimum atomic E-state index is -0.0831. The highest BCUT2D eigenvalue weighted by Gasteiger charge is 1.99. The molecule has 0 aromatic rings. The second-order valence-corrected chi connectivity index (χ2v) is 4.88. The molecule has 0 unspecified atom stereocenters. The summed E-state index contributed by atoms with van der Waals surface area (Å²) in [6, 6.07) is 0. The van der Waals surface area contributed by atoms with E-state index in [1.54, 1.807) is 0 Å². The molecule has 0 rings (SSSR count). The molecular weight excluding hydrogens is 272 g/mol. The van der Waals surface area contributed by atoms with Gasteiger partial charge in [-0.2, -0.15) is 0 Å². The van der Waals surface area contributed by atoms with Crippen molar-refractivity contribution in [3.05, 3.63) is 0 Å². The van der Waals surface area contributed by atoms with Crippen LogP contribution in [0.5, 0.6) is 0 Å². The van der Waals surface area contributed by atoms with E-state index in [2.05, 4.69) is 42.4 Å². The van der Waals surface area contributed by atoms with E-state index in [1.165, 1.54) is 0 Å². The van der Waals surface area contributed by atoms with Gasteiger partial charge in [0.1, 0.15) is 0 Å². The molecule has 2 heteroatoms. The van der Waals surface area contributed by atoms with Gasteiger partial charge in [-0.3, -0.25) is 4.79 Å². The average molecular weight is 300 g/mol. The van der Waals surface area contributed by atoms with E-state index in [0.29, 0.717) is 25.9 Å². The first-order chi connectivity index (χ1) is 10.8. The van der Waals surface area contributed by atoms with Gasteiger partial charge in [-0.15, -0.1) is 11.8 Å². The second kappa shape index (κ2) is 17.2. The first-order valence-electron chi connectivity index (χ1n) is 8.34. The largest absolute Gasteiger partial charge is 0.466 e. The topological polar surface area (TPSA) is 26.3 Å².